The van der Waals surface area contributed by atoms with Gasteiger partial charge in [-0.3, -0.25) is 0 Å². The van der Waals surface area contributed by atoms with E-state index in [0.29, 0.717) is 11.5 Å². The summed E-state index contributed by atoms with van der Waals surface area (Å²) in [6.45, 7) is -0.956. The molecule has 0 spiro atoms. The van der Waals surface area contributed by atoms with Crippen molar-refractivity contribution in [3.63, 3.8) is 0 Å². The van der Waals surface area contributed by atoms with Gasteiger partial charge in [0, 0.05) is 37.6 Å². The Morgan fingerprint density at radius 1 is 1.28 bits per heavy atom. The van der Waals surface area contributed by atoms with E-state index < -0.39 is 12.6 Å². The van der Waals surface area contributed by atoms with Gasteiger partial charge in [-0.25, -0.2) is 14.8 Å². The number of urea groups is 1. The smallest absolute Gasteiger partial charge is 0.387 e. The van der Waals surface area contributed by atoms with Gasteiger partial charge in [0.1, 0.15) is 17.4 Å². The number of aryl methyl sites for hydroxylation is 1. The summed E-state index contributed by atoms with van der Waals surface area (Å²) in [6.07, 6.45) is 0. The van der Waals surface area contributed by atoms with Crippen molar-refractivity contribution in [2.45, 2.75) is 20.1 Å². The van der Waals surface area contributed by atoms with E-state index in [4.69, 9.17) is 0 Å². The van der Waals surface area contributed by atoms with Crippen molar-refractivity contribution in [3.8, 4) is 5.75 Å². The van der Waals surface area contributed by atoms with E-state index in [1.54, 1.807) is 6.07 Å². The molecule has 0 radical (unpaired) electrons. The minimum atomic E-state index is -2.92. The molecule has 2 rings (SSSR count). The van der Waals surface area contributed by atoms with Crippen LogP contribution in [0.5, 0.6) is 5.75 Å². The van der Waals surface area contributed by atoms with E-state index in [1.165, 1.54) is 18.2 Å². The van der Waals surface area contributed by atoms with Crippen molar-refractivity contribution in [1.29, 1.82) is 0 Å². The second-order valence-corrected chi connectivity index (χ2v) is 5.39. The molecule has 0 saturated carbocycles. The van der Waals surface area contributed by atoms with Gasteiger partial charge in [0.05, 0.1) is 6.54 Å². The molecule has 0 aliphatic carbocycles. The SMILES string of the molecule is Cc1cc(N(C)C)nc(CNC(=O)Nc2cccc(OC(F)F)c2)n1. The van der Waals surface area contributed by atoms with Crippen LogP contribution in [0.25, 0.3) is 0 Å². The van der Waals surface area contributed by atoms with E-state index in [-0.39, 0.29) is 12.3 Å². The molecule has 25 heavy (non-hydrogen) atoms. The molecule has 0 unspecified atom stereocenters. The van der Waals surface area contributed by atoms with Crippen molar-refractivity contribution < 1.29 is 18.3 Å². The summed E-state index contributed by atoms with van der Waals surface area (Å²) in [5.41, 5.74) is 1.11. The Bertz CT molecular complexity index is 740. The highest BCUT2D eigenvalue weighted by atomic mass is 19.3. The lowest BCUT2D eigenvalue weighted by Gasteiger charge is -2.13. The number of amides is 2. The normalized spacial score (nSPS) is 10.5. The van der Waals surface area contributed by atoms with Gasteiger partial charge in [0.2, 0.25) is 0 Å². The van der Waals surface area contributed by atoms with Gasteiger partial charge in [0.15, 0.2) is 0 Å². The molecule has 0 fully saturated rings. The van der Waals surface area contributed by atoms with Crippen LogP contribution in [0.4, 0.5) is 25.1 Å². The fourth-order valence-corrected chi connectivity index (χ4v) is 2.00. The van der Waals surface area contributed by atoms with Crippen LogP contribution in [-0.2, 0) is 6.54 Å². The van der Waals surface area contributed by atoms with Crippen molar-refractivity contribution >= 4 is 17.5 Å². The summed E-state index contributed by atoms with van der Waals surface area (Å²) < 4.78 is 28.7. The lowest BCUT2D eigenvalue weighted by molar-refractivity contribution is -0.0497. The number of hydrogen-bond donors (Lipinski definition) is 2. The molecule has 1 aromatic carbocycles. The molecule has 1 aromatic heterocycles. The average Bonchev–Trinajstić information content (AvgIpc) is 2.52. The third-order valence-electron chi connectivity index (χ3n) is 3.07. The first kappa shape index (κ1) is 18.4. The fraction of sp³-hybridized carbons (Fsp3) is 0.312. The molecule has 134 valence electrons. The van der Waals surface area contributed by atoms with Crippen LogP contribution in [0.2, 0.25) is 0 Å². The van der Waals surface area contributed by atoms with Crippen LogP contribution in [0.3, 0.4) is 0 Å². The number of nitrogens with one attached hydrogen (secondary N) is 2. The van der Waals surface area contributed by atoms with Crippen molar-refractivity contribution in [3.05, 3.63) is 41.9 Å². The number of benzene rings is 1. The molecule has 7 nitrogen and oxygen atoms in total. The number of carbonyl (C=O) groups is 1. The zero-order valence-corrected chi connectivity index (χ0v) is 14.1. The topological polar surface area (TPSA) is 79.4 Å². The van der Waals surface area contributed by atoms with E-state index in [9.17, 15) is 13.6 Å². The lowest BCUT2D eigenvalue weighted by atomic mass is 10.3. The Balaban J connectivity index is 1.95. The predicted molar refractivity (Wildman–Crippen MR) is 90.0 cm³/mol. The number of rotatable bonds is 6. The third-order valence-corrected chi connectivity index (χ3v) is 3.07. The first-order valence-electron chi connectivity index (χ1n) is 7.45. The average molecular weight is 351 g/mol. The zero-order valence-electron chi connectivity index (χ0n) is 14.1. The highest BCUT2D eigenvalue weighted by Crippen LogP contribution is 2.19. The Morgan fingerprint density at radius 2 is 2.04 bits per heavy atom. The van der Waals surface area contributed by atoms with Crippen molar-refractivity contribution in [2.24, 2.45) is 0 Å². The lowest BCUT2D eigenvalue weighted by Crippen LogP contribution is -2.29. The second kappa shape index (κ2) is 8.22. The van der Waals surface area contributed by atoms with Gasteiger partial charge in [-0.1, -0.05) is 6.07 Å². The van der Waals surface area contributed by atoms with E-state index in [0.717, 1.165) is 11.5 Å². The summed E-state index contributed by atoms with van der Waals surface area (Å²) in [5.74, 6) is 1.17. The largest absolute Gasteiger partial charge is 0.435 e. The summed E-state index contributed by atoms with van der Waals surface area (Å²) in [6, 6.07) is 7.06. The second-order valence-electron chi connectivity index (χ2n) is 5.39. The van der Waals surface area contributed by atoms with E-state index >= 15 is 0 Å². The number of alkyl halides is 2. The van der Waals surface area contributed by atoms with Gasteiger partial charge in [-0.15, -0.1) is 0 Å². The molecule has 0 bridgehead atoms. The Hall–Kier alpha value is -2.97. The first-order chi connectivity index (χ1) is 11.8. The zero-order chi connectivity index (χ0) is 18.4. The van der Waals surface area contributed by atoms with Gasteiger partial charge >= 0.3 is 12.6 Å². The summed E-state index contributed by atoms with van der Waals surface area (Å²) in [7, 11) is 3.72. The van der Waals surface area contributed by atoms with Crippen molar-refractivity contribution in [2.75, 3.05) is 24.3 Å². The van der Waals surface area contributed by atoms with Crippen LogP contribution in [0.15, 0.2) is 30.3 Å². The maximum atomic E-state index is 12.2. The predicted octanol–water partition coefficient (Wildman–Crippen LogP) is 2.77. The molecule has 2 N–H and O–H groups in total. The number of ether oxygens (including phenoxy) is 1. The number of hydrogen-bond acceptors (Lipinski definition) is 5. The Labute approximate surface area is 144 Å². The van der Waals surface area contributed by atoms with Crippen LogP contribution in [0.1, 0.15) is 11.5 Å². The molecular weight excluding hydrogens is 332 g/mol. The highest BCUT2D eigenvalue weighted by molar-refractivity contribution is 5.89. The number of carbonyl (C=O) groups excluding carboxylic acids is 1. The fourth-order valence-electron chi connectivity index (χ4n) is 2.00. The van der Waals surface area contributed by atoms with Crippen LogP contribution in [-0.4, -0.2) is 36.7 Å². The van der Waals surface area contributed by atoms with Crippen molar-refractivity contribution in [1.82, 2.24) is 15.3 Å². The highest BCUT2D eigenvalue weighted by Gasteiger charge is 2.08. The van der Waals surface area contributed by atoms with Crippen LogP contribution in [0, 0.1) is 6.92 Å². The van der Waals surface area contributed by atoms with Gasteiger partial charge in [-0.05, 0) is 19.1 Å². The van der Waals surface area contributed by atoms with E-state index in [1.807, 2.05) is 32.0 Å². The number of aromatic nitrogens is 2. The molecule has 0 atom stereocenters. The maximum absolute atomic E-state index is 12.2. The number of nitrogens with zero attached hydrogens (tertiary/aromatic N) is 3. The van der Waals surface area contributed by atoms with Crippen LogP contribution < -0.4 is 20.3 Å². The van der Waals surface area contributed by atoms with E-state index in [2.05, 4.69) is 25.3 Å². The summed E-state index contributed by atoms with van der Waals surface area (Å²) in [4.78, 5) is 22.4. The molecule has 0 aliphatic rings. The molecule has 2 aromatic rings. The van der Waals surface area contributed by atoms with Crippen LogP contribution >= 0.6 is 0 Å². The maximum Gasteiger partial charge on any atom is 0.387 e. The quantitative estimate of drug-likeness (QED) is 0.837. The third kappa shape index (κ3) is 5.87. The molecule has 0 saturated heterocycles. The van der Waals surface area contributed by atoms with Gasteiger partial charge in [-0.2, -0.15) is 8.78 Å². The standard InChI is InChI=1S/C16H19F2N5O2/c1-10-7-14(23(2)3)22-13(20-10)9-19-16(24)21-11-5-4-6-12(8-11)25-15(17)18/h4-8,15H,9H2,1-3H3,(H2,19,21,24). The Morgan fingerprint density at radius 3 is 2.72 bits per heavy atom. The first-order valence-corrected chi connectivity index (χ1v) is 7.45. The van der Waals surface area contributed by atoms with Gasteiger partial charge < -0.3 is 20.3 Å². The monoisotopic (exact) mass is 351 g/mol. The molecular formula is C16H19F2N5O2. The molecule has 2 amide bonds. The summed E-state index contributed by atoms with van der Waals surface area (Å²) >= 11 is 0. The minimum Gasteiger partial charge on any atom is -0.435 e. The summed E-state index contributed by atoms with van der Waals surface area (Å²) in [5, 5.41) is 5.16. The van der Waals surface area contributed by atoms with Gasteiger partial charge in [0.25, 0.3) is 0 Å². The number of halogens is 2. The molecule has 0 aliphatic heterocycles. The molecule has 1 heterocycles. The molecule has 9 heteroatoms. The number of anilines is 2. The Kier molecular flexibility index (Phi) is 6.04. The minimum absolute atomic E-state index is 0.0366.